The number of hydrogen-bond donors (Lipinski definition) is 1. The quantitative estimate of drug-likeness (QED) is 0.703. The van der Waals surface area contributed by atoms with Crippen LogP contribution in [0.1, 0.15) is 40.7 Å². The Morgan fingerprint density at radius 2 is 1.81 bits per heavy atom. The summed E-state index contributed by atoms with van der Waals surface area (Å²) in [5.74, 6) is -0.296. The average molecular weight is 396 g/mol. The van der Waals surface area contributed by atoms with Gasteiger partial charge in [-0.2, -0.15) is 13.2 Å². The summed E-state index contributed by atoms with van der Waals surface area (Å²) in [7, 11) is 0. The third-order valence-corrected chi connectivity index (χ3v) is 4.39. The highest BCUT2D eigenvalue weighted by molar-refractivity contribution is 8.00. The zero-order valence-corrected chi connectivity index (χ0v) is 15.7. The number of hydrogen-bond acceptors (Lipinski definition) is 4. The topological polar surface area (TPSA) is 59.1 Å². The van der Waals surface area contributed by atoms with Crippen LogP contribution in [0.4, 0.5) is 13.2 Å². The molecule has 0 atom stereocenters. The number of nitrogens with one attached hydrogen (secondary N) is 1. The van der Waals surface area contributed by atoms with Gasteiger partial charge in [0, 0.05) is 41.2 Å². The molecule has 4 nitrogen and oxygen atoms in total. The minimum atomic E-state index is -4.33. The Balaban J connectivity index is 2.00. The van der Waals surface area contributed by atoms with Crippen molar-refractivity contribution in [1.29, 1.82) is 0 Å². The van der Waals surface area contributed by atoms with Crippen LogP contribution in [0.3, 0.4) is 0 Å². The Morgan fingerprint density at radius 1 is 1.15 bits per heavy atom. The van der Waals surface area contributed by atoms with E-state index in [1.54, 1.807) is 26.0 Å². The van der Waals surface area contributed by atoms with E-state index in [1.165, 1.54) is 24.3 Å². The van der Waals surface area contributed by atoms with E-state index >= 15 is 0 Å². The number of nitrogens with zero attached hydrogens (tertiary/aromatic N) is 1. The van der Waals surface area contributed by atoms with Crippen molar-refractivity contribution >= 4 is 23.5 Å². The summed E-state index contributed by atoms with van der Waals surface area (Å²) in [6.45, 7) is 3.69. The number of carbonyl (C=O) groups excluding carboxylic acids is 2. The lowest BCUT2D eigenvalue weighted by Gasteiger charge is -2.09. The molecule has 0 saturated carbocycles. The number of benzene rings is 1. The highest BCUT2D eigenvalue weighted by Crippen LogP contribution is 2.36. The van der Waals surface area contributed by atoms with Gasteiger partial charge in [-0.25, -0.2) is 0 Å². The van der Waals surface area contributed by atoms with Crippen LogP contribution in [-0.4, -0.2) is 22.2 Å². The van der Waals surface area contributed by atoms with Crippen molar-refractivity contribution in [2.24, 2.45) is 0 Å². The number of Topliss-reactive ketones (excluding diaryl/α,β-unsaturated/α-hetero) is 1. The predicted octanol–water partition coefficient (Wildman–Crippen LogP) is 4.45. The van der Waals surface area contributed by atoms with Crippen LogP contribution in [-0.2, 0) is 17.8 Å². The maximum Gasteiger partial charge on any atom is 0.446 e. The summed E-state index contributed by atoms with van der Waals surface area (Å²) >= 11 is -0.181. The molecule has 0 radical (unpaired) electrons. The molecule has 27 heavy (non-hydrogen) atoms. The molecule has 1 aromatic heterocycles. The van der Waals surface area contributed by atoms with Crippen LogP contribution in [0.2, 0.25) is 0 Å². The number of aryl methyl sites for hydroxylation is 1. The Kier molecular flexibility index (Phi) is 7.01. The molecule has 0 saturated heterocycles. The molecule has 0 aliphatic heterocycles. The smallest absolute Gasteiger partial charge is 0.348 e. The van der Waals surface area contributed by atoms with Crippen molar-refractivity contribution in [1.82, 2.24) is 10.3 Å². The first-order chi connectivity index (χ1) is 12.7. The van der Waals surface area contributed by atoms with Crippen LogP contribution in [0.25, 0.3) is 0 Å². The van der Waals surface area contributed by atoms with Crippen LogP contribution < -0.4 is 5.32 Å². The van der Waals surface area contributed by atoms with Gasteiger partial charge in [-0.15, -0.1) is 0 Å². The van der Waals surface area contributed by atoms with Crippen molar-refractivity contribution in [2.45, 2.75) is 43.6 Å². The Bertz CT molecular complexity index is 821. The number of thioether (sulfide) groups is 1. The van der Waals surface area contributed by atoms with Crippen molar-refractivity contribution in [3.05, 3.63) is 58.9 Å². The summed E-state index contributed by atoms with van der Waals surface area (Å²) in [5.41, 5.74) is -2.07. The van der Waals surface area contributed by atoms with Gasteiger partial charge in [0.05, 0.1) is 0 Å². The van der Waals surface area contributed by atoms with E-state index in [4.69, 9.17) is 0 Å². The van der Waals surface area contributed by atoms with Crippen LogP contribution in [0.5, 0.6) is 0 Å². The maximum atomic E-state index is 12.4. The minimum Gasteiger partial charge on any atom is -0.348 e. The molecule has 0 aliphatic carbocycles. The molecule has 2 aromatic rings. The van der Waals surface area contributed by atoms with E-state index in [2.05, 4.69) is 10.3 Å². The summed E-state index contributed by atoms with van der Waals surface area (Å²) in [6, 6.07) is 9.02. The van der Waals surface area contributed by atoms with Crippen molar-refractivity contribution < 1.29 is 22.8 Å². The molecule has 1 N–H and O–H groups in total. The lowest BCUT2D eigenvalue weighted by molar-refractivity contribution is -0.118. The first kappa shape index (κ1) is 21.0. The zero-order chi connectivity index (χ0) is 20.0. The molecule has 1 aromatic carbocycles. The van der Waals surface area contributed by atoms with Crippen LogP contribution in [0, 0.1) is 6.92 Å². The fourth-order valence-corrected chi connectivity index (χ4v) is 2.92. The maximum absolute atomic E-state index is 12.4. The summed E-state index contributed by atoms with van der Waals surface area (Å²) in [4.78, 5) is 28.3. The Hall–Kier alpha value is -2.35. The third-order valence-electron chi connectivity index (χ3n) is 3.65. The van der Waals surface area contributed by atoms with E-state index in [1.807, 2.05) is 0 Å². The Labute approximate surface area is 159 Å². The molecular weight excluding hydrogens is 377 g/mol. The van der Waals surface area contributed by atoms with Gasteiger partial charge < -0.3 is 5.32 Å². The lowest BCUT2D eigenvalue weighted by Crippen LogP contribution is -2.23. The molecule has 0 fully saturated rings. The number of aromatic nitrogens is 1. The largest absolute Gasteiger partial charge is 0.446 e. The molecule has 8 heteroatoms. The van der Waals surface area contributed by atoms with Gasteiger partial charge in [0.2, 0.25) is 0 Å². The van der Waals surface area contributed by atoms with E-state index in [0.29, 0.717) is 28.9 Å². The molecule has 144 valence electrons. The van der Waals surface area contributed by atoms with Gasteiger partial charge >= 0.3 is 5.51 Å². The highest BCUT2D eigenvalue weighted by atomic mass is 32.2. The number of ketones is 1. The molecule has 1 heterocycles. The fourth-order valence-electron chi connectivity index (χ4n) is 2.38. The number of carbonyl (C=O) groups is 2. The molecular formula is C19H19F3N2O2S. The van der Waals surface area contributed by atoms with E-state index in [-0.39, 0.29) is 41.3 Å². The summed E-state index contributed by atoms with van der Waals surface area (Å²) in [6.07, 6.45) is 0.580. The second kappa shape index (κ2) is 9.03. The van der Waals surface area contributed by atoms with Gasteiger partial charge in [-0.05, 0) is 48.5 Å². The first-order valence-electron chi connectivity index (χ1n) is 8.28. The van der Waals surface area contributed by atoms with Gasteiger partial charge in [0.25, 0.3) is 5.91 Å². The Morgan fingerprint density at radius 3 is 2.41 bits per heavy atom. The summed E-state index contributed by atoms with van der Waals surface area (Å²) < 4.78 is 37.0. The van der Waals surface area contributed by atoms with E-state index in [9.17, 15) is 22.8 Å². The van der Waals surface area contributed by atoms with Gasteiger partial charge in [0.15, 0.2) is 0 Å². The average Bonchev–Trinajstić information content (AvgIpc) is 2.59. The van der Waals surface area contributed by atoms with Crippen LogP contribution >= 0.6 is 11.8 Å². The van der Waals surface area contributed by atoms with Gasteiger partial charge in [-0.3, -0.25) is 14.6 Å². The van der Waals surface area contributed by atoms with Crippen LogP contribution in [0.15, 0.2) is 41.3 Å². The second-order valence-corrected chi connectivity index (χ2v) is 7.07. The number of alkyl halides is 3. The normalized spacial score (nSPS) is 11.3. The second-order valence-electron chi connectivity index (χ2n) is 5.93. The predicted molar refractivity (Wildman–Crippen MR) is 97.5 cm³/mol. The lowest BCUT2D eigenvalue weighted by atomic mass is 10.1. The van der Waals surface area contributed by atoms with Crippen molar-refractivity contribution in [3.8, 4) is 0 Å². The highest BCUT2D eigenvalue weighted by Gasteiger charge is 2.28. The SMILES string of the molecule is CCC(=O)Cc1cc(C(=O)NCc2ccc(SC(F)(F)F)cc2)cc(C)n1. The van der Waals surface area contributed by atoms with E-state index < -0.39 is 5.51 Å². The molecule has 0 unspecified atom stereocenters. The number of halogens is 3. The van der Waals surface area contributed by atoms with Crippen molar-refractivity contribution in [3.63, 3.8) is 0 Å². The fraction of sp³-hybridized carbons (Fsp3) is 0.316. The molecule has 0 bridgehead atoms. The molecule has 2 rings (SSSR count). The number of pyridine rings is 1. The molecule has 0 aliphatic rings. The van der Waals surface area contributed by atoms with Crippen molar-refractivity contribution in [2.75, 3.05) is 0 Å². The third kappa shape index (κ3) is 7.05. The first-order valence-corrected chi connectivity index (χ1v) is 9.10. The van der Waals surface area contributed by atoms with Gasteiger partial charge in [0.1, 0.15) is 5.78 Å². The number of amides is 1. The summed E-state index contributed by atoms with van der Waals surface area (Å²) in [5, 5.41) is 2.72. The minimum absolute atomic E-state index is 0.0382. The molecule has 0 spiro atoms. The van der Waals surface area contributed by atoms with E-state index in [0.717, 1.165) is 0 Å². The van der Waals surface area contributed by atoms with Gasteiger partial charge in [-0.1, -0.05) is 19.1 Å². The molecule has 1 amide bonds. The number of rotatable bonds is 7. The monoisotopic (exact) mass is 396 g/mol. The standard InChI is InChI=1S/C19H19F3N2O2S/c1-3-16(25)10-15-9-14(8-12(2)24-15)18(26)23-11-13-4-6-17(7-5-13)27-19(20,21)22/h4-9H,3,10-11H2,1-2H3,(H,23,26). The zero-order valence-electron chi connectivity index (χ0n) is 14.9.